The van der Waals surface area contributed by atoms with Crippen LogP contribution < -0.4 is 11.1 Å². The van der Waals surface area contributed by atoms with Crippen LogP contribution in [-0.2, 0) is 24.8 Å². The number of phenolic OH excluding ortho intramolecular Hbond substituents is 2. The van der Waals surface area contributed by atoms with Gasteiger partial charge in [0.15, 0.2) is 11.4 Å². The number of nitrogens with two attached hydrogens (primary N) is 1. The van der Waals surface area contributed by atoms with Gasteiger partial charge in [0, 0.05) is 46.8 Å². The zero-order valence-electron chi connectivity index (χ0n) is 19.2. The second-order valence-corrected chi connectivity index (χ2v) is 10.8. The van der Waals surface area contributed by atoms with Gasteiger partial charge in [-0.3, -0.25) is 14.7 Å². The van der Waals surface area contributed by atoms with Crippen LogP contribution in [0.5, 0.6) is 11.5 Å². The minimum Gasteiger partial charge on any atom is -0.506 e. The third-order valence-corrected chi connectivity index (χ3v) is 6.94. The van der Waals surface area contributed by atoms with Crippen LogP contribution in [-0.4, -0.2) is 52.2 Å². The first-order chi connectivity index (χ1) is 18.5. The lowest BCUT2D eigenvalue weighted by Crippen LogP contribution is -2.09. The molecule has 0 aliphatic heterocycles. The smallest absolute Gasteiger partial charge is 0.388 e. The van der Waals surface area contributed by atoms with Gasteiger partial charge in [-0.2, -0.15) is 32.5 Å². The molecule has 0 atom stereocenters. The number of nitrogen functional groups attached to an aromatic ring is 1. The lowest BCUT2D eigenvalue weighted by molar-refractivity contribution is -0.384. The molecular weight excluding hydrogens is 600 g/mol. The fourth-order valence-corrected chi connectivity index (χ4v) is 4.95. The Morgan fingerprint density at radius 2 is 1.65 bits per heavy atom. The lowest BCUT2D eigenvalue weighted by atomic mass is 10.1. The van der Waals surface area contributed by atoms with E-state index in [0.717, 1.165) is 30.3 Å². The minimum absolute atomic E-state index is 0.151. The van der Waals surface area contributed by atoms with Crippen molar-refractivity contribution in [1.82, 2.24) is 15.0 Å². The molecule has 4 aromatic rings. The highest BCUT2D eigenvalue weighted by molar-refractivity contribution is 7.92. The number of hydrogen-bond donors (Lipinski definition) is 7. The number of aromatic nitrogens is 3. The molecule has 0 unspecified atom stereocenters. The van der Waals surface area contributed by atoms with Crippen LogP contribution in [0, 0.1) is 10.1 Å². The number of nitro benzene ring substituents is 1. The number of anilines is 3. The fraction of sp³-hybridized carbons (Fsp3) is 0. The lowest BCUT2D eigenvalue weighted by Gasteiger charge is -2.10. The molecule has 0 fully saturated rings. The van der Waals surface area contributed by atoms with Crippen LogP contribution in [0.2, 0.25) is 5.28 Å². The molecule has 21 heteroatoms. The number of rotatable bonds is 7. The molecule has 1 aromatic heterocycles. The van der Waals surface area contributed by atoms with Gasteiger partial charge >= 0.3 is 10.5 Å². The molecule has 0 aliphatic carbocycles. The molecule has 0 aliphatic rings. The molecule has 8 N–H and O–H groups in total. The maximum absolute atomic E-state index is 12.2. The van der Waals surface area contributed by atoms with Crippen molar-refractivity contribution in [2.24, 2.45) is 10.2 Å². The van der Waals surface area contributed by atoms with Gasteiger partial charge in [-0.1, -0.05) is 0 Å². The van der Waals surface area contributed by atoms with E-state index in [1.54, 1.807) is 0 Å². The summed E-state index contributed by atoms with van der Waals surface area (Å²) in [5.41, 5.74) is 3.49. The molecule has 18 nitrogen and oxygen atoms in total. The van der Waals surface area contributed by atoms with E-state index in [4.69, 9.17) is 17.3 Å². The van der Waals surface area contributed by atoms with Crippen LogP contribution in [0.15, 0.2) is 56.4 Å². The van der Waals surface area contributed by atoms with Crippen molar-refractivity contribution in [2.75, 3.05) is 11.1 Å². The number of halogens is 1. The summed E-state index contributed by atoms with van der Waals surface area (Å²) in [4.78, 5) is 19.6. The first kappa shape index (κ1) is 28.4. The second-order valence-electron chi connectivity index (χ2n) is 7.65. The highest BCUT2D eigenvalue weighted by atomic mass is 35.5. The fourth-order valence-electron chi connectivity index (χ4n) is 3.40. The normalized spacial score (nSPS) is 12.2. The summed E-state index contributed by atoms with van der Waals surface area (Å²) in [7, 11) is -9.83. The van der Waals surface area contributed by atoms with E-state index in [9.17, 15) is 46.6 Å². The summed E-state index contributed by atoms with van der Waals surface area (Å²) in [6.07, 6.45) is 0. The van der Waals surface area contributed by atoms with Crippen LogP contribution >= 0.6 is 11.6 Å². The maximum Gasteiger partial charge on any atom is 0.388 e. The molecule has 3 aromatic carbocycles. The number of hydrogen-bond acceptors (Lipinski definition) is 14. The third-order valence-electron chi connectivity index (χ3n) is 5.00. The Balaban J connectivity index is 1.88. The number of azo groups is 1. The zero-order chi connectivity index (χ0) is 29.6. The van der Waals surface area contributed by atoms with Crippen molar-refractivity contribution in [2.45, 2.75) is 9.79 Å². The number of nitro groups is 1. The number of nitrogens with one attached hydrogen (secondary N) is 1. The Bertz CT molecular complexity index is 1880. The van der Waals surface area contributed by atoms with Crippen LogP contribution in [0.3, 0.4) is 0 Å². The molecular formula is C19H14ClN8O10S2+. The average Bonchev–Trinajstić information content (AvgIpc) is 2.81. The Morgan fingerprint density at radius 1 is 1.00 bits per heavy atom. The quantitative estimate of drug-likeness (QED) is 0.0512. The molecule has 4 rings (SSSR count). The van der Waals surface area contributed by atoms with E-state index < -0.39 is 69.3 Å². The van der Waals surface area contributed by atoms with Gasteiger partial charge in [0.1, 0.15) is 16.3 Å². The van der Waals surface area contributed by atoms with Crippen LogP contribution in [0.25, 0.3) is 10.8 Å². The summed E-state index contributed by atoms with van der Waals surface area (Å²) in [6.45, 7) is 0. The molecule has 0 spiro atoms. The summed E-state index contributed by atoms with van der Waals surface area (Å²) in [5, 5.41) is 41.1. The summed E-state index contributed by atoms with van der Waals surface area (Å²) < 4.78 is 65.1. The predicted octanol–water partition coefficient (Wildman–Crippen LogP) is 3.79. The second kappa shape index (κ2) is 10.2. The molecule has 40 heavy (non-hydrogen) atoms. The van der Waals surface area contributed by atoms with Crippen molar-refractivity contribution in [1.29, 1.82) is 0 Å². The number of nitrogens with zero attached hydrogens (tertiary/aromatic N) is 6. The largest absolute Gasteiger partial charge is 0.506 e. The zero-order valence-corrected chi connectivity index (χ0v) is 21.6. The number of phenols is 2. The van der Waals surface area contributed by atoms with Gasteiger partial charge in [0.25, 0.3) is 20.7 Å². The Hall–Kier alpha value is -4.60. The number of non-ortho nitro benzene ring substituents is 1. The van der Waals surface area contributed by atoms with E-state index in [1.165, 1.54) is 0 Å². The van der Waals surface area contributed by atoms with E-state index >= 15 is 0 Å². The maximum atomic E-state index is 12.2. The van der Waals surface area contributed by atoms with E-state index in [-0.39, 0.29) is 28.3 Å². The monoisotopic (exact) mass is 613 g/mol. The Labute approximate surface area is 228 Å². The van der Waals surface area contributed by atoms with Gasteiger partial charge in [0.05, 0.1) is 4.92 Å². The summed E-state index contributed by atoms with van der Waals surface area (Å²) in [6, 6.07) is 5.14. The van der Waals surface area contributed by atoms with Crippen LogP contribution in [0.1, 0.15) is 0 Å². The third kappa shape index (κ3) is 5.85. The predicted molar refractivity (Wildman–Crippen MR) is 138 cm³/mol. The van der Waals surface area contributed by atoms with Crippen molar-refractivity contribution < 1.29 is 41.4 Å². The standard InChI is InChI=1S/C19H13ClN8O10S2/c20-17-23-18(21)25-19(24-17)22-7-3-11(29)16(14(4-7)40(36,37)38)27-26-15-9-2-1-8(28(31)32)5-10(9)13(6-12(15)30)39(33,34)35/h1-6H,(H7-,21,22,23,24,25,26,27,29,30,33,34,35,36,37,38)/p+1. The number of fused-ring (bicyclic) bond motifs is 1. The highest BCUT2D eigenvalue weighted by Crippen LogP contribution is 2.44. The van der Waals surface area contributed by atoms with Gasteiger partial charge in [-0.25, -0.2) is 0 Å². The molecule has 0 bridgehead atoms. The van der Waals surface area contributed by atoms with Gasteiger partial charge < -0.3 is 21.3 Å². The van der Waals surface area contributed by atoms with Gasteiger partial charge in [0.2, 0.25) is 17.2 Å². The number of aromatic hydroxyl groups is 2. The van der Waals surface area contributed by atoms with E-state index in [1.807, 2.05) is 0 Å². The SMILES string of the molecule is Nc1nc(Cl)nc(Nc2cc(O)c(N=Nc3c(O)cc(S(=O)(=O)O)c4cc([N+](=O)[O-])ccc34)c([S+](=O)(O)O)c2)n1. The van der Waals surface area contributed by atoms with Crippen molar-refractivity contribution >= 4 is 77.6 Å². The number of benzene rings is 3. The van der Waals surface area contributed by atoms with E-state index in [0.29, 0.717) is 6.07 Å². The Kier molecular flexibility index (Phi) is 7.23. The molecule has 0 saturated heterocycles. The van der Waals surface area contributed by atoms with Gasteiger partial charge in [-0.05, 0) is 21.9 Å². The first-order valence-electron chi connectivity index (χ1n) is 10.2. The summed E-state index contributed by atoms with van der Waals surface area (Å²) in [5.74, 6) is -2.22. The van der Waals surface area contributed by atoms with Crippen molar-refractivity contribution in [3.8, 4) is 11.5 Å². The highest BCUT2D eigenvalue weighted by Gasteiger charge is 2.33. The topological polar surface area (TPSA) is 297 Å². The molecule has 208 valence electrons. The Morgan fingerprint density at radius 3 is 2.25 bits per heavy atom. The van der Waals surface area contributed by atoms with E-state index in [2.05, 4.69) is 30.5 Å². The average molecular weight is 614 g/mol. The molecule has 0 radical (unpaired) electrons. The molecule has 0 amide bonds. The molecule has 1 heterocycles. The van der Waals surface area contributed by atoms with Crippen molar-refractivity contribution in [3.63, 3.8) is 0 Å². The first-order valence-corrected chi connectivity index (χ1v) is 13.5. The minimum atomic E-state index is -4.98. The van der Waals surface area contributed by atoms with Crippen LogP contribution in [0.4, 0.5) is 34.6 Å². The summed E-state index contributed by atoms with van der Waals surface area (Å²) >= 11 is 5.70. The van der Waals surface area contributed by atoms with Crippen molar-refractivity contribution in [3.05, 3.63) is 51.8 Å². The molecule has 0 saturated carbocycles. The van der Waals surface area contributed by atoms with Gasteiger partial charge in [-0.15, -0.1) is 10.2 Å².